The van der Waals surface area contributed by atoms with Gasteiger partial charge in [-0.1, -0.05) is 24.3 Å². The largest absolute Gasteiger partial charge is 0.497 e. The third kappa shape index (κ3) is 4.22. The number of nitrogens with zero attached hydrogens (tertiary/aromatic N) is 3. The number of benzene rings is 2. The lowest BCUT2D eigenvalue weighted by Crippen LogP contribution is -2.13. The van der Waals surface area contributed by atoms with Crippen LogP contribution in [-0.2, 0) is 17.8 Å². The van der Waals surface area contributed by atoms with Crippen LogP contribution in [0.15, 0.2) is 73.1 Å². The molecule has 0 unspecified atom stereocenters. The van der Waals surface area contributed by atoms with E-state index in [9.17, 15) is 0 Å². The average Bonchev–Trinajstić information content (AvgIpc) is 3.44. The van der Waals surface area contributed by atoms with Gasteiger partial charge in [0.05, 0.1) is 39.2 Å². The lowest BCUT2D eigenvalue weighted by atomic mass is 10.0. The lowest BCUT2D eigenvalue weighted by Gasteiger charge is -2.18. The molecule has 1 aliphatic rings. The molecule has 0 radical (unpaired) electrons. The maximum absolute atomic E-state index is 6.16. The number of hydrogen-bond acceptors (Lipinski definition) is 5. The average molecular weight is 442 g/mol. The Balaban J connectivity index is 1.46. The molecule has 168 valence electrons. The first kappa shape index (κ1) is 21.2. The Bertz CT molecular complexity index is 1220. The van der Waals surface area contributed by atoms with Gasteiger partial charge in [0.15, 0.2) is 0 Å². The van der Waals surface area contributed by atoms with Crippen molar-refractivity contribution in [2.24, 2.45) is 0 Å². The van der Waals surface area contributed by atoms with Crippen LogP contribution in [0, 0.1) is 0 Å². The summed E-state index contributed by atoms with van der Waals surface area (Å²) in [6.45, 7) is 1.19. The number of pyridine rings is 1. The Kier molecular flexibility index (Phi) is 6.09. The van der Waals surface area contributed by atoms with Crippen molar-refractivity contribution in [2.45, 2.75) is 25.5 Å². The first-order valence-electron chi connectivity index (χ1n) is 11.1. The van der Waals surface area contributed by atoms with Gasteiger partial charge in [0, 0.05) is 29.9 Å². The fourth-order valence-electron chi connectivity index (χ4n) is 4.48. The van der Waals surface area contributed by atoms with E-state index in [1.165, 1.54) is 0 Å². The first-order valence-corrected chi connectivity index (χ1v) is 11.1. The highest BCUT2D eigenvalue weighted by Crippen LogP contribution is 2.42. The van der Waals surface area contributed by atoms with E-state index in [2.05, 4.69) is 15.6 Å². The highest BCUT2D eigenvalue weighted by Gasteiger charge is 2.31. The molecule has 0 N–H and O–H groups in total. The maximum atomic E-state index is 6.16. The minimum Gasteiger partial charge on any atom is -0.497 e. The number of aryl methyl sites for hydroxylation is 1. The van der Waals surface area contributed by atoms with Crippen LogP contribution in [0.2, 0.25) is 0 Å². The Morgan fingerprint density at radius 3 is 2.48 bits per heavy atom. The Morgan fingerprint density at radius 1 is 0.939 bits per heavy atom. The smallest absolute Gasteiger partial charge is 0.128 e. The van der Waals surface area contributed by atoms with Crippen molar-refractivity contribution in [1.82, 2.24) is 14.5 Å². The quantitative estimate of drug-likeness (QED) is 0.370. The Labute approximate surface area is 193 Å². The third-order valence-electron chi connectivity index (χ3n) is 6.10. The van der Waals surface area contributed by atoms with Gasteiger partial charge in [-0.25, -0.2) is 4.98 Å². The van der Waals surface area contributed by atoms with E-state index >= 15 is 0 Å². The second kappa shape index (κ2) is 9.46. The molecule has 5 rings (SSSR count). The topological polar surface area (TPSA) is 58.4 Å². The van der Waals surface area contributed by atoms with Gasteiger partial charge in [-0.05, 0) is 48.4 Å². The van der Waals surface area contributed by atoms with Crippen LogP contribution in [0.5, 0.6) is 11.5 Å². The molecule has 1 aliphatic heterocycles. The van der Waals surface area contributed by atoms with Crippen LogP contribution in [0.4, 0.5) is 0 Å². The first-order chi connectivity index (χ1) is 16.3. The van der Waals surface area contributed by atoms with Crippen molar-refractivity contribution in [1.29, 1.82) is 0 Å². The van der Waals surface area contributed by atoms with Gasteiger partial charge >= 0.3 is 0 Å². The van der Waals surface area contributed by atoms with E-state index in [4.69, 9.17) is 19.2 Å². The van der Waals surface area contributed by atoms with Crippen molar-refractivity contribution in [2.75, 3.05) is 20.8 Å². The van der Waals surface area contributed by atoms with Crippen LogP contribution in [0.25, 0.3) is 22.5 Å². The summed E-state index contributed by atoms with van der Waals surface area (Å²) in [5.41, 5.74) is 5.24. The maximum Gasteiger partial charge on any atom is 0.128 e. The van der Waals surface area contributed by atoms with E-state index < -0.39 is 0 Å². The molecule has 0 saturated carbocycles. The third-order valence-corrected chi connectivity index (χ3v) is 6.10. The molecule has 6 nitrogen and oxygen atoms in total. The van der Waals surface area contributed by atoms with E-state index in [1.54, 1.807) is 14.2 Å². The van der Waals surface area contributed by atoms with Crippen molar-refractivity contribution >= 4 is 0 Å². The van der Waals surface area contributed by atoms with E-state index in [0.717, 1.165) is 58.2 Å². The zero-order valence-electron chi connectivity index (χ0n) is 18.9. The number of rotatable bonds is 8. The molecule has 2 aromatic heterocycles. The van der Waals surface area contributed by atoms with Gasteiger partial charge in [0.25, 0.3) is 0 Å². The number of para-hydroxylation sites is 1. The molecule has 33 heavy (non-hydrogen) atoms. The molecular weight excluding hydrogens is 414 g/mol. The zero-order valence-corrected chi connectivity index (χ0v) is 18.9. The standard InChI is InChI=1S/C27H27N3O3/c1-31-22-10-7-19(8-11-22)17-33-18-21-9-12-25-29-26(23-5-3-4-6-24(23)32-2)27(30(21)25)20-13-15-28-16-14-20/h3-8,10-11,13-16,21H,9,12,17-18H2,1-2H3/t21-/m0/s1. The number of aromatic nitrogens is 3. The molecule has 6 heteroatoms. The molecular formula is C27H27N3O3. The fraction of sp³-hybridized carbons (Fsp3) is 0.259. The summed E-state index contributed by atoms with van der Waals surface area (Å²) in [6, 6.07) is 20.3. The minimum atomic E-state index is 0.220. The van der Waals surface area contributed by atoms with Gasteiger partial charge in [0.1, 0.15) is 23.0 Å². The normalized spacial score (nSPS) is 14.8. The molecule has 0 spiro atoms. The van der Waals surface area contributed by atoms with Gasteiger partial charge in [-0.3, -0.25) is 4.98 Å². The summed E-state index contributed by atoms with van der Waals surface area (Å²) >= 11 is 0. The number of ether oxygens (including phenoxy) is 3. The summed E-state index contributed by atoms with van der Waals surface area (Å²) in [6.07, 6.45) is 5.58. The molecule has 0 aliphatic carbocycles. The minimum absolute atomic E-state index is 0.220. The predicted octanol–water partition coefficient (Wildman–Crippen LogP) is 5.33. The SMILES string of the molecule is COc1ccc(COC[C@@H]2CCc3nc(-c4ccccc4OC)c(-c4ccncc4)n32)cc1. The van der Waals surface area contributed by atoms with Crippen LogP contribution < -0.4 is 9.47 Å². The van der Waals surface area contributed by atoms with Gasteiger partial charge in [-0.2, -0.15) is 0 Å². The van der Waals surface area contributed by atoms with E-state index in [0.29, 0.717) is 13.2 Å². The molecule has 1 atom stereocenters. The van der Waals surface area contributed by atoms with Crippen LogP contribution >= 0.6 is 0 Å². The highest BCUT2D eigenvalue weighted by atomic mass is 16.5. The molecule has 0 saturated heterocycles. The summed E-state index contributed by atoms with van der Waals surface area (Å²) in [7, 11) is 3.37. The monoisotopic (exact) mass is 441 g/mol. The second-order valence-corrected chi connectivity index (χ2v) is 8.09. The van der Waals surface area contributed by atoms with Crippen LogP contribution in [-0.4, -0.2) is 35.4 Å². The number of hydrogen-bond donors (Lipinski definition) is 0. The molecule has 0 amide bonds. The van der Waals surface area contributed by atoms with Gasteiger partial charge in [-0.15, -0.1) is 0 Å². The van der Waals surface area contributed by atoms with E-state index in [-0.39, 0.29) is 6.04 Å². The molecule has 0 fully saturated rings. The van der Waals surface area contributed by atoms with Crippen LogP contribution in [0.3, 0.4) is 0 Å². The summed E-state index contributed by atoms with van der Waals surface area (Å²) in [4.78, 5) is 9.29. The molecule has 0 bridgehead atoms. The number of imidazole rings is 1. The van der Waals surface area contributed by atoms with E-state index in [1.807, 2.05) is 67.0 Å². The van der Waals surface area contributed by atoms with Crippen molar-refractivity contribution in [3.05, 3.63) is 84.4 Å². The summed E-state index contributed by atoms with van der Waals surface area (Å²) < 4.78 is 19.4. The molecule has 4 aromatic rings. The van der Waals surface area contributed by atoms with Crippen molar-refractivity contribution in [3.63, 3.8) is 0 Å². The number of methoxy groups -OCH3 is 2. The molecule has 3 heterocycles. The zero-order chi connectivity index (χ0) is 22.6. The lowest BCUT2D eigenvalue weighted by molar-refractivity contribution is 0.0925. The number of fused-ring (bicyclic) bond motifs is 1. The van der Waals surface area contributed by atoms with Gasteiger partial charge < -0.3 is 18.8 Å². The predicted molar refractivity (Wildman–Crippen MR) is 127 cm³/mol. The summed E-state index contributed by atoms with van der Waals surface area (Å²) in [5, 5.41) is 0. The van der Waals surface area contributed by atoms with Gasteiger partial charge in [0.2, 0.25) is 0 Å². The summed E-state index contributed by atoms with van der Waals surface area (Å²) in [5.74, 6) is 2.75. The second-order valence-electron chi connectivity index (χ2n) is 8.09. The Hall–Kier alpha value is -3.64. The fourth-order valence-corrected chi connectivity index (χ4v) is 4.48. The Morgan fingerprint density at radius 2 is 1.73 bits per heavy atom. The van der Waals surface area contributed by atoms with Crippen molar-refractivity contribution < 1.29 is 14.2 Å². The van der Waals surface area contributed by atoms with Crippen molar-refractivity contribution in [3.8, 4) is 34.0 Å². The highest BCUT2D eigenvalue weighted by molar-refractivity contribution is 5.82. The molecule has 2 aromatic carbocycles. The van der Waals surface area contributed by atoms with Crippen LogP contribution in [0.1, 0.15) is 23.9 Å².